The first kappa shape index (κ1) is 21.4. The van der Waals surface area contributed by atoms with Crippen LogP contribution >= 0.6 is 0 Å². The first-order valence-electron chi connectivity index (χ1n) is 11.6. The Labute approximate surface area is 199 Å². The number of aromatic amines is 2. The molecule has 4 N–H and O–H groups in total. The van der Waals surface area contributed by atoms with Crippen molar-refractivity contribution in [1.82, 2.24) is 29.5 Å². The minimum atomic E-state index is -0.488. The minimum Gasteiger partial charge on any atom is -0.493 e. The monoisotopic (exact) mass is 475 g/mol. The fraction of sp³-hybridized carbons (Fsp3) is 0.348. The van der Waals surface area contributed by atoms with E-state index in [1.807, 2.05) is 12.1 Å². The molecule has 35 heavy (non-hydrogen) atoms. The van der Waals surface area contributed by atoms with Gasteiger partial charge in [0.2, 0.25) is 5.88 Å². The first-order valence-corrected chi connectivity index (χ1v) is 11.6. The SMILES string of the molecule is O=c1[nH]c(O)c(/C=c2\cnn3c(=NC4CC4)cc(NCc4cccnc4N4CCOCC4)nc23)[nH]1. The molecule has 6 rings (SSSR count). The number of ether oxygens (including phenoxy) is 1. The topological polar surface area (TPSA) is 149 Å². The van der Waals surface area contributed by atoms with Crippen LogP contribution in [0.25, 0.3) is 11.7 Å². The second-order valence-electron chi connectivity index (χ2n) is 8.62. The number of rotatable bonds is 6. The molecule has 0 amide bonds. The van der Waals surface area contributed by atoms with Gasteiger partial charge in [0.25, 0.3) is 0 Å². The van der Waals surface area contributed by atoms with E-state index in [2.05, 4.69) is 36.3 Å². The summed E-state index contributed by atoms with van der Waals surface area (Å²) in [6.07, 6.45) is 7.19. The number of anilines is 2. The maximum Gasteiger partial charge on any atom is 0.326 e. The molecule has 0 bridgehead atoms. The summed E-state index contributed by atoms with van der Waals surface area (Å²) in [5, 5.41) is 18.5. The highest BCUT2D eigenvalue weighted by atomic mass is 16.5. The van der Waals surface area contributed by atoms with Crippen LogP contribution in [0.2, 0.25) is 0 Å². The Morgan fingerprint density at radius 2 is 2.14 bits per heavy atom. The molecule has 2 aliphatic rings. The van der Waals surface area contributed by atoms with Crippen molar-refractivity contribution >= 4 is 23.4 Å². The number of H-pyrrole nitrogens is 2. The van der Waals surface area contributed by atoms with Gasteiger partial charge in [-0.1, -0.05) is 6.07 Å². The average Bonchev–Trinajstić information content (AvgIpc) is 3.51. The summed E-state index contributed by atoms with van der Waals surface area (Å²) in [5.41, 5.74) is 2.10. The zero-order valence-corrected chi connectivity index (χ0v) is 18.9. The predicted octanol–water partition coefficient (Wildman–Crippen LogP) is -0.0942. The Hall–Kier alpha value is -4.19. The Balaban J connectivity index is 1.37. The van der Waals surface area contributed by atoms with Crippen LogP contribution in [0.3, 0.4) is 0 Å². The van der Waals surface area contributed by atoms with Crippen molar-refractivity contribution in [3.05, 3.63) is 63.0 Å². The maximum atomic E-state index is 11.5. The third-order valence-corrected chi connectivity index (χ3v) is 6.02. The molecule has 1 saturated carbocycles. The van der Waals surface area contributed by atoms with Crippen molar-refractivity contribution in [2.75, 3.05) is 36.5 Å². The number of nitrogens with one attached hydrogen (secondary N) is 3. The van der Waals surface area contributed by atoms with Gasteiger partial charge in [-0.25, -0.2) is 14.8 Å². The number of aromatic nitrogens is 6. The zero-order valence-electron chi connectivity index (χ0n) is 18.9. The summed E-state index contributed by atoms with van der Waals surface area (Å²) in [4.78, 5) is 32.8. The quantitative estimate of drug-likeness (QED) is 0.302. The van der Waals surface area contributed by atoms with E-state index in [4.69, 9.17) is 14.7 Å². The molecule has 4 aromatic heterocycles. The highest BCUT2D eigenvalue weighted by Crippen LogP contribution is 2.23. The summed E-state index contributed by atoms with van der Waals surface area (Å²) in [6, 6.07) is 6.17. The minimum absolute atomic E-state index is 0.237. The standard InChI is InChI=1S/C23H25N9O3/c33-22-17(28-23(34)30-22)10-15-13-26-32-19(27-16-3-4-16)11-18(29-21(15)32)25-12-14-2-1-5-24-20(14)31-6-8-35-9-7-31/h1-2,5,10-11,13,16,25,33H,3-4,6-9,12H2,(H2,28,30,34)/b15-10+,27-19?. The highest BCUT2D eigenvalue weighted by molar-refractivity contribution is 5.58. The molecule has 4 aromatic rings. The third kappa shape index (κ3) is 4.47. The first-order chi connectivity index (χ1) is 17.1. The molecular formula is C23H25N9O3. The Morgan fingerprint density at radius 3 is 2.91 bits per heavy atom. The lowest BCUT2D eigenvalue weighted by atomic mass is 10.2. The van der Waals surface area contributed by atoms with Gasteiger partial charge in [0.15, 0.2) is 11.1 Å². The van der Waals surface area contributed by atoms with Crippen molar-refractivity contribution in [1.29, 1.82) is 0 Å². The van der Waals surface area contributed by atoms with E-state index in [1.54, 1.807) is 23.0 Å². The summed E-state index contributed by atoms with van der Waals surface area (Å²) in [7, 11) is 0. The Bertz CT molecular complexity index is 1540. The van der Waals surface area contributed by atoms with Crippen LogP contribution in [-0.4, -0.2) is 67.0 Å². The van der Waals surface area contributed by atoms with E-state index in [0.29, 0.717) is 48.0 Å². The van der Waals surface area contributed by atoms with Crippen LogP contribution in [0.5, 0.6) is 5.88 Å². The summed E-state index contributed by atoms with van der Waals surface area (Å²) in [5.74, 6) is 1.35. The van der Waals surface area contributed by atoms with E-state index in [-0.39, 0.29) is 11.6 Å². The molecule has 1 aliphatic heterocycles. The van der Waals surface area contributed by atoms with E-state index in [1.165, 1.54) is 0 Å². The van der Waals surface area contributed by atoms with Gasteiger partial charge in [0, 0.05) is 42.7 Å². The van der Waals surface area contributed by atoms with Gasteiger partial charge < -0.3 is 25.0 Å². The second-order valence-corrected chi connectivity index (χ2v) is 8.62. The summed E-state index contributed by atoms with van der Waals surface area (Å²) >= 11 is 0. The van der Waals surface area contributed by atoms with Crippen molar-refractivity contribution in [2.24, 2.45) is 4.99 Å². The molecule has 5 heterocycles. The molecule has 0 atom stereocenters. The van der Waals surface area contributed by atoms with Gasteiger partial charge in [0.05, 0.1) is 25.5 Å². The molecule has 12 nitrogen and oxygen atoms in total. The average molecular weight is 476 g/mol. The van der Waals surface area contributed by atoms with Crippen LogP contribution in [0.4, 0.5) is 11.6 Å². The van der Waals surface area contributed by atoms with Crippen molar-refractivity contribution in [3.63, 3.8) is 0 Å². The molecule has 1 aliphatic carbocycles. The lowest BCUT2D eigenvalue weighted by Gasteiger charge is -2.29. The highest BCUT2D eigenvalue weighted by Gasteiger charge is 2.20. The van der Waals surface area contributed by atoms with Gasteiger partial charge in [-0.15, -0.1) is 0 Å². The van der Waals surface area contributed by atoms with Crippen molar-refractivity contribution in [3.8, 4) is 5.88 Å². The fourth-order valence-corrected chi connectivity index (χ4v) is 4.10. The molecule has 2 fully saturated rings. The van der Waals surface area contributed by atoms with Gasteiger partial charge in [-0.3, -0.25) is 9.98 Å². The summed E-state index contributed by atoms with van der Waals surface area (Å²) < 4.78 is 7.16. The van der Waals surface area contributed by atoms with Gasteiger partial charge >= 0.3 is 5.69 Å². The van der Waals surface area contributed by atoms with Crippen LogP contribution in [0, 0.1) is 0 Å². The molecule has 0 aromatic carbocycles. The smallest absolute Gasteiger partial charge is 0.326 e. The number of aromatic hydroxyl groups is 1. The number of morpholine rings is 1. The Morgan fingerprint density at radius 1 is 1.29 bits per heavy atom. The van der Waals surface area contributed by atoms with Gasteiger partial charge in [-0.05, 0) is 25.0 Å². The largest absolute Gasteiger partial charge is 0.493 e. The van der Waals surface area contributed by atoms with Crippen molar-refractivity contribution in [2.45, 2.75) is 25.4 Å². The van der Waals surface area contributed by atoms with Gasteiger partial charge in [0.1, 0.15) is 17.3 Å². The second kappa shape index (κ2) is 8.87. The van der Waals surface area contributed by atoms with Crippen molar-refractivity contribution < 1.29 is 9.84 Å². The van der Waals surface area contributed by atoms with Crippen LogP contribution in [0.1, 0.15) is 24.1 Å². The number of hydrogen-bond acceptors (Lipinski definition) is 9. The number of fused-ring (bicyclic) bond motifs is 1. The maximum absolute atomic E-state index is 11.5. The number of imidazole rings is 1. The number of nitrogens with zero attached hydrogens (tertiary/aromatic N) is 6. The van der Waals surface area contributed by atoms with E-state index in [0.717, 1.165) is 37.3 Å². The molecule has 12 heteroatoms. The number of hydrogen-bond donors (Lipinski definition) is 4. The predicted molar refractivity (Wildman–Crippen MR) is 128 cm³/mol. The van der Waals surface area contributed by atoms with Crippen LogP contribution in [0.15, 0.2) is 40.4 Å². The third-order valence-electron chi connectivity index (χ3n) is 6.02. The summed E-state index contributed by atoms with van der Waals surface area (Å²) in [6.45, 7) is 3.53. The lowest BCUT2D eigenvalue weighted by Crippen LogP contribution is -2.37. The lowest BCUT2D eigenvalue weighted by molar-refractivity contribution is 0.122. The van der Waals surface area contributed by atoms with E-state index >= 15 is 0 Å². The number of pyridine rings is 1. The van der Waals surface area contributed by atoms with Crippen LogP contribution < -0.4 is 26.6 Å². The normalized spacial score (nSPS) is 17.4. The molecule has 0 radical (unpaired) electrons. The van der Waals surface area contributed by atoms with Crippen LogP contribution in [-0.2, 0) is 11.3 Å². The zero-order chi connectivity index (χ0) is 23.8. The molecule has 180 valence electrons. The molecular weight excluding hydrogens is 450 g/mol. The fourth-order valence-electron chi connectivity index (χ4n) is 4.10. The van der Waals surface area contributed by atoms with E-state index < -0.39 is 5.69 Å². The Kier molecular flexibility index (Phi) is 5.41. The van der Waals surface area contributed by atoms with Gasteiger partial charge in [-0.2, -0.15) is 9.61 Å². The molecule has 0 unspecified atom stereocenters. The van der Waals surface area contributed by atoms with E-state index in [9.17, 15) is 9.90 Å². The molecule has 1 saturated heterocycles. The molecule has 0 spiro atoms.